The smallest absolute Gasteiger partial charge is 0.226 e. The molecule has 0 fully saturated rings. The van der Waals surface area contributed by atoms with E-state index in [4.69, 9.17) is 4.74 Å². The Bertz CT molecular complexity index is 739. The quantitative estimate of drug-likeness (QED) is 0.678. The van der Waals surface area contributed by atoms with Crippen LogP contribution in [0.3, 0.4) is 0 Å². The Morgan fingerprint density at radius 3 is 2.58 bits per heavy atom. The number of carbonyl (C=O) groups excluding carboxylic acids is 2. The molecule has 0 atom stereocenters. The van der Waals surface area contributed by atoms with Gasteiger partial charge in [-0.2, -0.15) is 0 Å². The van der Waals surface area contributed by atoms with E-state index < -0.39 is 0 Å². The number of anilines is 1. The van der Waals surface area contributed by atoms with Crippen LogP contribution in [0.15, 0.2) is 18.2 Å². The Kier molecular flexibility index (Phi) is 7.84. The molecule has 0 bridgehead atoms. The average Bonchev–Trinajstić information content (AvgIpc) is 3.02. The largest absolute Gasteiger partial charge is 0.497 e. The number of amides is 2. The van der Waals surface area contributed by atoms with Gasteiger partial charge in [-0.3, -0.25) is 9.59 Å². The first-order valence-electron chi connectivity index (χ1n) is 9.09. The van der Waals surface area contributed by atoms with Gasteiger partial charge in [0.2, 0.25) is 11.8 Å². The van der Waals surface area contributed by atoms with Crippen molar-refractivity contribution in [2.24, 2.45) is 0 Å². The Morgan fingerprint density at radius 2 is 1.92 bits per heavy atom. The molecule has 0 saturated heterocycles. The fourth-order valence-corrected chi connectivity index (χ4v) is 3.64. The van der Waals surface area contributed by atoms with Crippen LogP contribution in [-0.4, -0.2) is 41.9 Å². The Balaban J connectivity index is 1.82. The number of fused-ring (bicyclic) bond motifs is 1. The summed E-state index contributed by atoms with van der Waals surface area (Å²) in [4.78, 5) is 30.6. The van der Waals surface area contributed by atoms with Gasteiger partial charge < -0.3 is 15.0 Å². The van der Waals surface area contributed by atoms with Gasteiger partial charge in [0.15, 0.2) is 5.13 Å². The highest BCUT2D eigenvalue weighted by atomic mass is 32.1. The fraction of sp³-hybridized carbons (Fsp3) is 0.526. The summed E-state index contributed by atoms with van der Waals surface area (Å²) in [5, 5.41) is 3.40. The van der Waals surface area contributed by atoms with Crippen molar-refractivity contribution in [2.45, 2.75) is 46.0 Å². The highest BCUT2D eigenvalue weighted by Crippen LogP contribution is 2.29. The van der Waals surface area contributed by atoms with E-state index in [9.17, 15) is 9.59 Å². The van der Waals surface area contributed by atoms with Crippen LogP contribution >= 0.6 is 11.3 Å². The number of hydrogen-bond acceptors (Lipinski definition) is 5. The van der Waals surface area contributed by atoms with Crippen molar-refractivity contribution in [1.29, 1.82) is 0 Å². The summed E-state index contributed by atoms with van der Waals surface area (Å²) in [6.07, 6.45) is 3.18. The van der Waals surface area contributed by atoms with Gasteiger partial charge >= 0.3 is 0 Å². The molecule has 2 rings (SSSR count). The third-order valence-electron chi connectivity index (χ3n) is 3.98. The van der Waals surface area contributed by atoms with Crippen molar-refractivity contribution >= 4 is 38.5 Å². The van der Waals surface area contributed by atoms with Gasteiger partial charge in [0.05, 0.1) is 17.3 Å². The Hall–Kier alpha value is -2.15. The number of aromatic nitrogens is 1. The van der Waals surface area contributed by atoms with E-state index in [2.05, 4.69) is 24.1 Å². The Labute approximate surface area is 158 Å². The number of rotatable bonds is 10. The second kappa shape index (κ2) is 10.1. The van der Waals surface area contributed by atoms with E-state index in [-0.39, 0.29) is 11.8 Å². The van der Waals surface area contributed by atoms with Gasteiger partial charge in [0.1, 0.15) is 5.75 Å². The van der Waals surface area contributed by atoms with Crippen molar-refractivity contribution in [3.63, 3.8) is 0 Å². The number of hydrogen-bond donors (Lipinski definition) is 1. The number of ether oxygens (including phenoxy) is 1. The molecule has 0 aliphatic carbocycles. The third kappa shape index (κ3) is 5.69. The van der Waals surface area contributed by atoms with E-state index in [0.29, 0.717) is 24.4 Å². The summed E-state index contributed by atoms with van der Waals surface area (Å²) in [5.41, 5.74) is 0.830. The zero-order valence-electron chi connectivity index (χ0n) is 15.7. The second-order valence-corrected chi connectivity index (χ2v) is 7.17. The van der Waals surface area contributed by atoms with Crippen LogP contribution in [0, 0.1) is 0 Å². The number of nitrogens with zero attached hydrogens (tertiary/aromatic N) is 2. The summed E-state index contributed by atoms with van der Waals surface area (Å²) in [6.45, 7) is 5.70. The summed E-state index contributed by atoms with van der Waals surface area (Å²) in [5.74, 6) is 0.788. The molecule has 0 unspecified atom stereocenters. The van der Waals surface area contributed by atoms with Crippen molar-refractivity contribution in [2.75, 3.05) is 25.5 Å². The van der Waals surface area contributed by atoms with E-state index in [1.54, 1.807) is 7.11 Å². The summed E-state index contributed by atoms with van der Waals surface area (Å²) >= 11 is 1.41. The summed E-state index contributed by atoms with van der Waals surface area (Å²) in [6, 6.07) is 5.62. The minimum absolute atomic E-state index is 0.110. The maximum atomic E-state index is 12.2. The van der Waals surface area contributed by atoms with Crippen LogP contribution in [0.1, 0.15) is 46.0 Å². The molecule has 0 aliphatic rings. The zero-order valence-corrected chi connectivity index (χ0v) is 16.5. The lowest BCUT2D eigenvalue weighted by Gasteiger charge is -2.21. The van der Waals surface area contributed by atoms with Crippen LogP contribution in [0.2, 0.25) is 0 Å². The molecule has 0 aliphatic heterocycles. The van der Waals surface area contributed by atoms with Crippen molar-refractivity contribution in [1.82, 2.24) is 9.88 Å². The molecular weight excluding hydrogens is 350 g/mol. The molecule has 0 spiro atoms. The second-order valence-electron chi connectivity index (χ2n) is 6.14. The number of benzene rings is 1. The summed E-state index contributed by atoms with van der Waals surface area (Å²) in [7, 11) is 1.62. The number of nitrogens with one attached hydrogen (secondary N) is 1. The van der Waals surface area contributed by atoms with Crippen LogP contribution in [-0.2, 0) is 9.59 Å². The van der Waals surface area contributed by atoms with Gasteiger partial charge in [0, 0.05) is 25.9 Å². The molecule has 1 aromatic carbocycles. The predicted molar refractivity (Wildman–Crippen MR) is 106 cm³/mol. The number of carbonyl (C=O) groups is 2. The predicted octanol–water partition coefficient (Wildman–Crippen LogP) is 4.06. The molecule has 1 heterocycles. The lowest BCUT2D eigenvalue weighted by molar-refractivity contribution is -0.131. The average molecular weight is 378 g/mol. The van der Waals surface area contributed by atoms with Crippen LogP contribution in [0.25, 0.3) is 10.2 Å². The van der Waals surface area contributed by atoms with Gasteiger partial charge in [-0.05, 0) is 37.5 Å². The normalized spacial score (nSPS) is 10.7. The van der Waals surface area contributed by atoms with E-state index in [1.807, 2.05) is 23.1 Å². The lowest BCUT2D eigenvalue weighted by Crippen LogP contribution is -2.32. The molecule has 0 radical (unpaired) electrons. The molecule has 1 aromatic heterocycles. The summed E-state index contributed by atoms with van der Waals surface area (Å²) < 4.78 is 6.16. The third-order valence-corrected chi connectivity index (χ3v) is 4.91. The molecule has 6 nitrogen and oxygen atoms in total. The van der Waals surface area contributed by atoms with Gasteiger partial charge in [0.25, 0.3) is 0 Å². The molecule has 26 heavy (non-hydrogen) atoms. The van der Waals surface area contributed by atoms with Crippen molar-refractivity contribution in [3.8, 4) is 5.75 Å². The first-order chi connectivity index (χ1) is 12.6. The molecule has 7 heteroatoms. The van der Waals surface area contributed by atoms with Crippen molar-refractivity contribution < 1.29 is 14.3 Å². The molecule has 2 aromatic rings. The standard InChI is InChI=1S/C19H27N3O3S/c1-4-11-22(12-5-2)18(24)8-6-7-17(23)21-19-20-15-10-9-14(25-3)13-16(15)26-19/h9-10,13H,4-8,11-12H2,1-3H3,(H,20,21,23). The first-order valence-corrected chi connectivity index (χ1v) is 9.91. The molecule has 142 valence electrons. The van der Waals surface area contributed by atoms with E-state index in [1.165, 1.54) is 11.3 Å². The number of thiazole rings is 1. The topological polar surface area (TPSA) is 71.5 Å². The monoisotopic (exact) mass is 377 g/mol. The molecular formula is C19H27N3O3S. The Morgan fingerprint density at radius 1 is 1.19 bits per heavy atom. The van der Waals surface area contributed by atoms with Gasteiger partial charge in [-0.1, -0.05) is 25.2 Å². The maximum absolute atomic E-state index is 12.2. The minimum atomic E-state index is -0.110. The van der Waals surface area contributed by atoms with Gasteiger partial charge in [-0.25, -0.2) is 4.98 Å². The highest BCUT2D eigenvalue weighted by molar-refractivity contribution is 7.22. The van der Waals surface area contributed by atoms with Crippen LogP contribution in [0.5, 0.6) is 5.75 Å². The van der Waals surface area contributed by atoms with E-state index in [0.717, 1.165) is 41.9 Å². The van der Waals surface area contributed by atoms with Gasteiger partial charge in [-0.15, -0.1) is 0 Å². The minimum Gasteiger partial charge on any atom is -0.497 e. The molecule has 0 saturated carbocycles. The van der Waals surface area contributed by atoms with E-state index >= 15 is 0 Å². The number of methoxy groups -OCH3 is 1. The highest BCUT2D eigenvalue weighted by Gasteiger charge is 2.13. The molecule has 2 amide bonds. The van der Waals surface area contributed by atoms with Crippen molar-refractivity contribution in [3.05, 3.63) is 18.2 Å². The first kappa shape index (κ1) is 20.2. The molecule has 1 N–H and O–H groups in total. The van der Waals surface area contributed by atoms with Crippen LogP contribution in [0.4, 0.5) is 5.13 Å². The van der Waals surface area contributed by atoms with Crippen LogP contribution < -0.4 is 10.1 Å². The zero-order chi connectivity index (χ0) is 18.9. The lowest BCUT2D eigenvalue weighted by atomic mass is 10.2. The maximum Gasteiger partial charge on any atom is 0.226 e. The SMILES string of the molecule is CCCN(CCC)C(=O)CCCC(=O)Nc1nc2ccc(OC)cc2s1. The fourth-order valence-electron chi connectivity index (χ4n) is 2.73.